The van der Waals surface area contributed by atoms with E-state index in [-0.39, 0.29) is 16.2 Å². The van der Waals surface area contributed by atoms with Gasteiger partial charge in [-0.05, 0) is 79.2 Å². The van der Waals surface area contributed by atoms with Crippen LogP contribution in [-0.2, 0) is 9.59 Å². The van der Waals surface area contributed by atoms with Crippen LogP contribution in [0.15, 0.2) is 72.3 Å². The van der Waals surface area contributed by atoms with Crippen molar-refractivity contribution in [2.45, 2.75) is 13.8 Å². The molecule has 0 aliphatic carbocycles. The molecule has 1 N–H and O–H groups in total. The summed E-state index contributed by atoms with van der Waals surface area (Å²) < 4.78 is 0. The Morgan fingerprint density at radius 3 is 2.15 bits per heavy atom. The third-order valence-electron chi connectivity index (χ3n) is 5.52. The molecule has 0 aromatic heterocycles. The minimum Gasteiger partial charge on any atom is -0.502 e. The number of anilines is 2. The van der Waals surface area contributed by atoms with Gasteiger partial charge >= 0.3 is 5.69 Å². The molecule has 170 valence electrons. The average molecular weight is 474 g/mol. The van der Waals surface area contributed by atoms with Gasteiger partial charge in [0.25, 0.3) is 11.8 Å². The maximum atomic E-state index is 13.5. The summed E-state index contributed by atoms with van der Waals surface area (Å²) >= 11 is 5.59. The first-order valence-electron chi connectivity index (χ1n) is 10.2. The lowest BCUT2D eigenvalue weighted by Gasteiger charge is -2.36. The van der Waals surface area contributed by atoms with Gasteiger partial charge in [0.05, 0.1) is 16.3 Å². The molecule has 1 saturated heterocycles. The predicted octanol–water partition coefficient (Wildman–Crippen LogP) is 4.67. The number of carbonyl (C=O) groups excluding carboxylic acids is 2. The standard InChI is InChI=1S/C25H19N3O5S/c1-15-8-10-19(12-16(15)2)27-24(31)20(13-17-9-11-22(29)21(14-17)28(32)33)23(30)26(25(27)34)18-6-4-3-5-7-18/h3-14,29H,1-2H3/b20-13-. The van der Waals surface area contributed by atoms with Gasteiger partial charge in [-0.3, -0.25) is 29.5 Å². The molecule has 1 fully saturated rings. The Labute approximate surface area is 200 Å². The number of aromatic hydroxyl groups is 1. The molecule has 1 aliphatic heterocycles. The molecule has 3 aromatic rings. The number of nitro benzene ring substituents is 1. The van der Waals surface area contributed by atoms with E-state index in [1.807, 2.05) is 26.0 Å². The van der Waals surface area contributed by atoms with Crippen molar-refractivity contribution < 1.29 is 19.6 Å². The summed E-state index contributed by atoms with van der Waals surface area (Å²) in [6.07, 6.45) is 1.27. The van der Waals surface area contributed by atoms with E-state index in [0.717, 1.165) is 23.3 Å². The van der Waals surface area contributed by atoms with Crippen molar-refractivity contribution in [3.8, 4) is 5.75 Å². The summed E-state index contributed by atoms with van der Waals surface area (Å²) in [5.41, 5.74) is 2.39. The van der Waals surface area contributed by atoms with Gasteiger partial charge in [-0.25, -0.2) is 0 Å². The van der Waals surface area contributed by atoms with Crippen LogP contribution in [0.4, 0.5) is 17.1 Å². The van der Waals surface area contributed by atoms with Gasteiger partial charge in [-0.1, -0.05) is 30.3 Å². The highest BCUT2D eigenvalue weighted by Gasteiger charge is 2.41. The van der Waals surface area contributed by atoms with Crippen molar-refractivity contribution >= 4 is 52.3 Å². The van der Waals surface area contributed by atoms with Crippen LogP contribution in [0.2, 0.25) is 0 Å². The van der Waals surface area contributed by atoms with E-state index in [0.29, 0.717) is 11.4 Å². The number of amides is 2. The number of phenols is 1. The van der Waals surface area contributed by atoms with E-state index in [9.17, 15) is 24.8 Å². The fraction of sp³-hybridized carbons (Fsp3) is 0.0800. The van der Waals surface area contributed by atoms with Crippen molar-refractivity contribution in [3.63, 3.8) is 0 Å². The largest absolute Gasteiger partial charge is 0.502 e. The highest BCUT2D eigenvalue weighted by atomic mass is 32.1. The summed E-state index contributed by atoms with van der Waals surface area (Å²) in [5.74, 6) is -1.82. The lowest BCUT2D eigenvalue weighted by Crippen LogP contribution is -2.57. The summed E-state index contributed by atoms with van der Waals surface area (Å²) in [5, 5.41) is 21.0. The smallest absolute Gasteiger partial charge is 0.311 e. The molecule has 8 nitrogen and oxygen atoms in total. The summed E-state index contributed by atoms with van der Waals surface area (Å²) in [4.78, 5) is 40.0. The average Bonchev–Trinajstić information content (AvgIpc) is 2.80. The van der Waals surface area contributed by atoms with Gasteiger partial charge in [0.2, 0.25) is 0 Å². The van der Waals surface area contributed by atoms with E-state index >= 15 is 0 Å². The Hall–Kier alpha value is -4.37. The minimum atomic E-state index is -0.741. The zero-order valence-electron chi connectivity index (χ0n) is 18.3. The Kier molecular flexibility index (Phi) is 5.95. The van der Waals surface area contributed by atoms with E-state index < -0.39 is 28.2 Å². The Bertz CT molecular complexity index is 1380. The fourth-order valence-electron chi connectivity index (χ4n) is 3.57. The number of aryl methyl sites for hydroxylation is 2. The molecule has 1 aliphatic rings. The van der Waals surface area contributed by atoms with Gasteiger partial charge in [-0.15, -0.1) is 0 Å². The number of para-hydroxylation sites is 1. The van der Waals surface area contributed by atoms with Crippen molar-refractivity contribution in [2.24, 2.45) is 0 Å². The van der Waals surface area contributed by atoms with Gasteiger partial charge in [-0.2, -0.15) is 0 Å². The summed E-state index contributed by atoms with van der Waals surface area (Å²) in [6, 6.07) is 17.7. The number of nitro groups is 1. The molecule has 0 saturated carbocycles. The molecule has 34 heavy (non-hydrogen) atoms. The highest BCUT2D eigenvalue weighted by Crippen LogP contribution is 2.32. The number of hydrogen-bond acceptors (Lipinski definition) is 6. The molecule has 4 rings (SSSR count). The third-order valence-corrected chi connectivity index (χ3v) is 5.88. The zero-order valence-corrected chi connectivity index (χ0v) is 19.1. The molecular weight excluding hydrogens is 454 g/mol. The van der Waals surface area contributed by atoms with E-state index in [2.05, 4.69) is 0 Å². The maximum absolute atomic E-state index is 13.5. The summed E-state index contributed by atoms with van der Waals surface area (Å²) in [7, 11) is 0. The first kappa shape index (κ1) is 22.8. The summed E-state index contributed by atoms with van der Waals surface area (Å²) in [6.45, 7) is 3.85. The monoisotopic (exact) mass is 473 g/mol. The van der Waals surface area contributed by atoms with Gasteiger partial charge in [0, 0.05) is 6.07 Å². The number of hydrogen-bond donors (Lipinski definition) is 1. The lowest BCUT2D eigenvalue weighted by atomic mass is 10.0. The molecule has 0 bridgehead atoms. The Morgan fingerprint density at radius 1 is 0.882 bits per heavy atom. The van der Waals surface area contributed by atoms with Gasteiger partial charge in [0.1, 0.15) is 5.57 Å². The number of carbonyl (C=O) groups is 2. The van der Waals surface area contributed by atoms with Crippen LogP contribution in [0.3, 0.4) is 0 Å². The number of phenolic OH excluding ortho intramolecular Hbond substituents is 1. The second kappa shape index (κ2) is 8.87. The Morgan fingerprint density at radius 2 is 1.53 bits per heavy atom. The number of rotatable bonds is 4. The number of nitrogens with zero attached hydrogens (tertiary/aromatic N) is 3. The molecule has 0 spiro atoms. The SMILES string of the molecule is Cc1ccc(N2C(=O)/C(=C\c3ccc(O)c([N+](=O)[O-])c3)C(=O)N(c3ccccc3)C2=S)cc1C. The fourth-order valence-corrected chi connectivity index (χ4v) is 3.95. The first-order chi connectivity index (χ1) is 16.2. The van der Waals surface area contributed by atoms with Crippen LogP contribution in [0.5, 0.6) is 5.75 Å². The zero-order chi connectivity index (χ0) is 24.6. The molecule has 9 heteroatoms. The maximum Gasteiger partial charge on any atom is 0.311 e. The normalized spacial score (nSPS) is 15.2. The third kappa shape index (κ3) is 4.04. The lowest BCUT2D eigenvalue weighted by molar-refractivity contribution is -0.385. The van der Waals surface area contributed by atoms with Crippen molar-refractivity contribution in [2.75, 3.05) is 9.80 Å². The quantitative estimate of drug-likeness (QED) is 0.194. The van der Waals surface area contributed by atoms with Crippen LogP contribution in [-0.4, -0.2) is 27.0 Å². The van der Waals surface area contributed by atoms with E-state index in [4.69, 9.17) is 12.2 Å². The minimum absolute atomic E-state index is 0.00158. The molecule has 3 aromatic carbocycles. The van der Waals surface area contributed by atoms with Crippen LogP contribution < -0.4 is 9.80 Å². The van der Waals surface area contributed by atoms with Crippen molar-refractivity contribution in [3.05, 3.63) is 99.1 Å². The van der Waals surface area contributed by atoms with Crippen molar-refractivity contribution in [1.29, 1.82) is 0 Å². The number of thiocarbonyl (C=S) groups is 1. The molecule has 0 radical (unpaired) electrons. The second-order valence-corrected chi connectivity index (χ2v) is 8.10. The first-order valence-corrected chi connectivity index (χ1v) is 10.6. The highest BCUT2D eigenvalue weighted by molar-refractivity contribution is 7.81. The number of benzene rings is 3. The topological polar surface area (TPSA) is 104 Å². The van der Waals surface area contributed by atoms with Crippen LogP contribution >= 0.6 is 12.2 Å². The van der Waals surface area contributed by atoms with Crippen LogP contribution in [0.1, 0.15) is 16.7 Å². The van der Waals surface area contributed by atoms with E-state index in [1.165, 1.54) is 21.9 Å². The molecular formula is C25H19N3O5S. The molecule has 0 unspecified atom stereocenters. The second-order valence-electron chi connectivity index (χ2n) is 7.73. The van der Waals surface area contributed by atoms with Crippen molar-refractivity contribution in [1.82, 2.24) is 0 Å². The van der Waals surface area contributed by atoms with E-state index in [1.54, 1.807) is 36.4 Å². The van der Waals surface area contributed by atoms with Gasteiger partial charge in [0.15, 0.2) is 10.9 Å². The molecule has 1 heterocycles. The Balaban J connectivity index is 1.89. The van der Waals surface area contributed by atoms with Crippen LogP contribution in [0, 0.1) is 24.0 Å². The van der Waals surface area contributed by atoms with Crippen LogP contribution in [0.25, 0.3) is 6.08 Å². The molecule has 2 amide bonds. The predicted molar refractivity (Wildman–Crippen MR) is 133 cm³/mol. The van der Waals surface area contributed by atoms with Gasteiger partial charge < -0.3 is 5.11 Å². The molecule has 0 atom stereocenters.